The Bertz CT molecular complexity index is 872. The fourth-order valence-electron chi connectivity index (χ4n) is 2.49. The Hall–Kier alpha value is -2.58. The van der Waals surface area contributed by atoms with Crippen molar-refractivity contribution in [2.24, 2.45) is 0 Å². The number of anilines is 1. The molecule has 1 atom stereocenters. The van der Waals surface area contributed by atoms with E-state index in [4.69, 9.17) is 12.2 Å². The third kappa shape index (κ3) is 3.81. The van der Waals surface area contributed by atoms with Crippen LogP contribution in [0.25, 0.3) is 0 Å². The van der Waals surface area contributed by atoms with Gasteiger partial charge in [-0.05, 0) is 30.7 Å². The summed E-state index contributed by atoms with van der Waals surface area (Å²) in [7, 11) is 0. The van der Waals surface area contributed by atoms with Crippen LogP contribution < -0.4 is 10.7 Å². The standard InChI is InChI=1S/C18H17N3O3S2/c1-11-6-2-4-8-13(11)19-10-15-17(24)21(18(25)26-15)20-16(23)12-7-3-5-9-14(12)22/h2-9,15,19,22H,10H2,1H3,(H,20,23). The maximum absolute atomic E-state index is 12.6. The molecular weight excluding hydrogens is 370 g/mol. The van der Waals surface area contributed by atoms with Crippen molar-refractivity contribution in [3.8, 4) is 5.75 Å². The number of thiocarbonyl (C=S) groups is 1. The van der Waals surface area contributed by atoms with Crippen molar-refractivity contribution in [1.82, 2.24) is 10.4 Å². The van der Waals surface area contributed by atoms with Crippen LogP contribution in [0.1, 0.15) is 15.9 Å². The Balaban J connectivity index is 1.64. The lowest BCUT2D eigenvalue weighted by molar-refractivity contribution is -0.127. The molecule has 1 aliphatic heterocycles. The minimum absolute atomic E-state index is 0.0783. The minimum Gasteiger partial charge on any atom is -0.507 e. The van der Waals surface area contributed by atoms with Gasteiger partial charge in [-0.3, -0.25) is 15.0 Å². The summed E-state index contributed by atoms with van der Waals surface area (Å²) in [5, 5.41) is 13.6. The number of thioether (sulfide) groups is 1. The number of phenolic OH excluding ortho intramolecular Hbond substituents is 1. The molecule has 1 fully saturated rings. The number of rotatable bonds is 5. The van der Waals surface area contributed by atoms with E-state index < -0.39 is 11.2 Å². The van der Waals surface area contributed by atoms with Crippen molar-refractivity contribution in [1.29, 1.82) is 0 Å². The van der Waals surface area contributed by atoms with Gasteiger partial charge >= 0.3 is 0 Å². The number of phenols is 1. The van der Waals surface area contributed by atoms with E-state index in [-0.39, 0.29) is 21.5 Å². The van der Waals surface area contributed by atoms with Crippen molar-refractivity contribution in [3.05, 3.63) is 59.7 Å². The molecule has 0 aromatic heterocycles. The average Bonchev–Trinajstić information content (AvgIpc) is 2.89. The highest BCUT2D eigenvalue weighted by atomic mass is 32.2. The largest absolute Gasteiger partial charge is 0.507 e. The predicted molar refractivity (Wildman–Crippen MR) is 106 cm³/mol. The Labute approximate surface area is 160 Å². The summed E-state index contributed by atoms with van der Waals surface area (Å²) in [5.41, 5.74) is 4.58. The number of nitrogens with zero attached hydrogens (tertiary/aromatic N) is 1. The first-order valence-electron chi connectivity index (χ1n) is 7.90. The fraction of sp³-hybridized carbons (Fsp3) is 0.167. The van der Waals surface area contributed by atoms with Crippen LogP contribution in [0.5, 0.6) is 5.75 Å². The van der Waals surface area contributed by atoms with Gasteiger partial charge in [-0.2, -0.15) is 0 Å². The second kappa shape index (κ2) is 7.76. The molecule has 134 valence electrons. The van der Waals surface area contributed by atoms with Gasteiger partial charge in [0, 0.05) is 12.2 Å². The monoisotopic (exact) mass is 387 g/mol. The molecular formula is C18H17N3O3S2. The Kier molecular flexibility index (Phi) is 5.43. The van der Waals surface area contributed by atoms with Crippen LogP contribution in [0.15, 0.2) is 48.5 Å². The third-order valence-electron chi connectivity index (χ3n) is 3.91. The summed E-state index contributed by atoms with van der Waals surface area (Å²) in [5.74, 6) is -1.05. The molecule has 26 heavy (non-hydrogen) atoms. The normalized spacial score (nSPS) is 16.7. The van der Waals surface area contributed by atoms with E-state index in [2.05, 4.69) is 10.7 Å². The molecule has 0 radical (unpaired) electrons. The zero-order valence-electron chi connectivity index (χ0n) is 13.9. The van der Waals surface area contributed by atoms with Gasteiger partial charge in [-0.25, -0.2) is 5.01 Å². The number of hydrazine groups is 1. The summed E-state index contributed by atoms with van der Waals surface area (Å²) < 4.78 is 0.273. The summed E-state index contributed by atoms with van der Waals surface area (Å²) in [6, 6.07) is 13.9. The number of benzene rings is 2. The van der Waals surface area contributed by atoms with Crippen LogP contribution in [0.2, 0.25) is 0 Å². The van der Waals surface area contributed by atoms with Crippen molar-refractivity contribution in [3.63, 3.8) is 0 Å². The van der Waals surface area contributed by atoms with Gasteiger partial charge in [0.05, 0.1) is 5.56 Å². The predicted octanol–water partition coefficient (Wildman–Crippen LogP) is 2.69. The van der Waals surface area contributed by atoms with Gasteiger partial charge in [-0.1, -0.05) is 54.3 Å². The van der Waals surface area contributed by atoms with E-state index in [1.54, 1.807) is 12.1 Å². The molecule has 0 spiro atoms. The lowest BCUT2D eigenvalue weighted by atomic mass is 10.2. The summed E-state index contributed by atoms with van der Waals surface area (Å²) in [4.78, 5) is 24.9. The lowest BCUT2D eigenvalue weighted by Crippen LogP contribution is -2.47. The van der Waals surface area contributed by atoms with E-state index >= 15 is 0 Å². The van der Waals surface area contributed by atoms with Crippen LogP contribution in [0.4, 0.5) is 5.69 Å². The molecule has 0 saturated carbocycles. The Morgan fingerprint density at radius 3 is 2.65 bits per heavy atom. The van der Waals surface area contributed by atoms with Gasteiger partial charge in [0.2, 0.25) is 0 Å². The molecule has 2 aromatic carbocycles. The highest BCUT2D eigenvalue weighted by molar-refractivity contribution is 8.24. The van der Waals surface area contributed by atoms with E-state index in [1.165, 1.54) is 23.9 Å². The SMILES string of the molecule is Cc1ccccc1NCC1SC(=S)N(NC(=O)c2ccccc2O)C1=O. The number of aryl methyl sites for hydroxylation is 1. The smallest absolute Gasteiger partial charge is 0.273 e. The van der Waals surface area contributed by atoms with Crippen molar-refractivity contribution in [2.75, 3.05) is 11.9 Å². The molecule has 1 saturated heterocycles. The number of hydrogen-bond acceptors (Lipinski definition) is 6. The number of carbonyl (C=O) groups excluding carboxylic acids is 2. The van der Waals surface area contributed by atoms with Crippen LogP contribution >= 0.6 is 24.0 Å². The fourth-order valence-corrected chi connectivity index (χ4v) is 3.83. The molecule has 6 nitrogen and oxygen atoms in total. The Morgan fingerprint density at radius 1 is 1.23 bits per heavy atom. The second-order valence-electron chi connectivity index (χ2n) is 5.70. The Morgan fingerprint density at radius 2 is 1.92 bits per heavy atom. The molecule has 8 heteroatoms. The number of nitrogens with one attached hydrogen (secondary N) is 2. The molecule has 1 aliphatic rings. The zero-order chi connectivity index (χ0) is 18.7. The van der Waals surface area contributed by atoms with Gasteiger partial charge in [0.1, 0.15) is 11.0 Å². The van der Waals surface area contributed by atoms with Crippen molar-refractivity contribution < 1.29 is 14.7 Å². The first-order valence-corrected chi connectivity index (χ1v) is 9.19. The van der Waals surface area contributed by atoms with Crippen molar-refractivity contribution >= 4 is 45.8 Å². The lowest BCUT2D eigenvalue weighted by Gasteiger charge is -2.17. The number of hydrogen-bond donors (Lipinski definition) is 3. The third-order valence-corrected chi connectivity index (χ3v) is 5.41. The molecule has 1 unspecified atom stereocenters. The van der Waals surface area contributed by atoms with E-state index in [0.717, 1.165) is 16.3 Å². The summed E-state index contributed by atoms with van der Waals surface area (Å²) in [6.07, 6.45) is 0. The first-order chi connectivity index (χ1) is 12.5. The molecule has 3 N–H and O–H groups in total. The van der Waals surface area contributed by atoms with Crippen LogP contribution in [-0.4, -0.2) is 38.0 Å². The topological polar surface area (TPSA) is 81.7 Å². The number of amides is 2. The maximum Gasteiger partial charge on any atom is 0.273 e. The van der Waals surface area contributed by atoms with Gasteiger partial charge < -0.3 is 10.4 Å². The van der Waals surface area contributed by atoms with Crippen molar-refractivity contribution in [2.45, 2.75) is 12.2 Å². The van der Waals surface area contributed by atoms with E-state index in [1.807, 2.05) is 31.2 Å². The van der Waals surface area contributed by atoms with E-state index in [0.29, 0.717) is 6.54 Å². The minimum atomic E-state index is -0.591. The molecule has 0 bridgehead atoms. The van der Waals surface area contributed by atoms with Gasteiger partial charge in [-0.15, -0.1) is 0 Å². The van der Waals surface area contributed by atoms with Crippen LogP contribution in [-0.2, 0) is 4.79 Å². The zero-order valence-corrected chi connectivity index (χ0v) is 15.6. The molecule has 1 heterocycles. The highest BCUT2D eigenvalue weighted by Gasteiger charge is 2.38. The molecule has 2 aromatic rings. The highest BCUT2D eigenvalue weighted by Crippen LogP contribution is 2.27. The number of aromatic hydroxyl groups is 1. The van der Waals surface area contributed by atoms with Gasteiger partial charge in [0.25, 0.3) is 11.8 Å². The number of para-hydroxylation sites is 2. The van der Waals surface area contributed by atoms with Crippen LogP contribution in [0.3, 0.4) is 0 Å². The molecule has 3 rings (SSSR count). The van der Waals surface area contributed by atoms with Gasteiger partial charge in [0.15, 0.2) is 4.32 Å². The average molecular weight is 387 g/mol. The van der Waals surface area contributed by atoms with E-state index in [9.17, 15) is 14.7 Å². The summed E-state index contributed by atoms with van der Waals surface area (Å²) in [6.45, 7) is 2.37. The first kappa shape index (κ1) is 18.2. The molecule has 2 amide bonds. The maximum atomic E-state index is 12.6. The summed E-state index contributed by atoms with van der Waals surface area (Å²) >= 11 is 6.43. The quantitative estimate of drug-likeness (QED) is 0.685. The van der Waals surface area contributed by atoms with Crippen LogP contribution in [0, 0.1) is 6.92 Å². The molecule has 0 aliphatic carbocycles. The number of carbonyl (C=O) groups is 2. The second-order valence-corrected chi connectivity index (χ2v) is 7.54.